The summed E-state index contributed by atoms with van der Waals surface area (Å²) in [5.41, 5.74) is 6.87. The molecule has 5 nitrogen and oxygen atoms in total. The highest BCUT2D eigenvalue weighted by atomic mass is 16.2. The fourth-order valence-corrected chi connectivity index (χ4v) is 1.82. The van der Waals surface area contributed by atoms with Gasteiger partial charge in [-0.2, -0.15) is 14.3 Å². The van der Waals surface area contributed by atoms with Crippen molar-refractivity contribution < 1.29 is 14.2 Å². The number of nitrogens with zero attached hydrogens (tertiary/aromatic N) is 2. The van der Waals surface area contributed by atoms with Crippen molar-refractivity contribution in [1.82, 2.24) is 4.90 Å². The Labute approximate surface area is 87.2 Å². The van der Waals surface area contributed by atoms with Crippen molar-refractivity contribution in [2.24, 2.45) is 11.7 Å². The maximum atomic E-state index is 11.8. The Morgan fingerprint density at radius 1 is 1.47 bits per heavy atom. The molecule has 0 saturated heterocycles. The number of fused-ring (bicyclic) bond motifs is 1. The number of urea groups is 1. The molecule has 0 radical (unpaired) electrons. The lowest BCUT2D eigenvalue weighted by atomic mass is 9.92. The molecule has 1 heterocycles. The number of amides is 3. The summed E-state index contributed by atoms with van der Waals surface area (Å²) in [5, 5.41) is 0. The molecule has 0 fully saturated rings. The van der Waals surface area contributed by atoms with E-state index in [1.54, 1.807) is 25.3 Å². The lowest BCUT2D eigenvalue weighted by Gasteiger charge is -2.25. The van der Waals surface area contributed by atoms with Crippen LogP contribution in [0.5, 0.6) is 0 Å². The molecular formula is C10H12N3O2+. The first kappa shape index (κ1) is 9.64. The van der Waals surface area contributed by atoms with Gasteiger partial charge in [0.1, 0.15) is 5.71 Å². The van der Waals surface area contributed by atoms with Crippen LogP contribution in [0.3, 0.4) is 0 Å². The maximum Gasteiger partial charge on any atom is 0.500 e. The predicted octanol–water partition coefficient (Wildman–Crippen LogP) is -0.310. The van der Waals surface area contributed by atoms with Crippen molar-refractivity contribution >= 4 is 17.6 Å². The number of allylic oxidation sites excluding steroid dienone is 3. The van der Waals surface area contributed by atoms with Gasteiger partial charge < -0.3 is 5.73 Å². The van der Waals surface area contributed by atoms with E-state index in [-0.39, 0.29) is 11.9 Å². The van der Waals surface area contributed by atoms with Gasteiger partial charge in [0.05, 0.1) is 14.1 Å². The summed E-state index contributed by atoms with van der Waals surface area (Å²) in [7, 11) is 3.10. The number of carbonyl (C=O) groups is 2. The number of imide groups is 1. The molecule has 2 aliphatic rings. The molecule has 1 aliphatic heterocycles. The zero-order chi connectivity index (χ0) is 11.2. The van der Waals surface area contributed by atoms with Gasteiger partial charge in [0, 0.05) is 5.70 Å². The largest absolute Gasteiger partial charge is 0.500 e. The second-order valence-corrected chi connectivity index (χ2v) is 3.62. The standard InChI is InChI=1S/C10H11N3O2/c1-12-7-5-3-4-6(11)8(7)9(14)13(2)10(12)15/h3-5,8,11H,1-2H3/p+1. The summed E-state index contributed by atoms with van der Waals surface area (Å²) in [4.78, 5) is 24.5. The van der Waals surface area contributed by atoms with E-state index >= 15 is 0 Å². The van der Waals surface area contributed by atoms with Crippen LogP contribution in [-0.2, 0) is 4.79 Å². The third kappa shape index (κ3) is 1.20. The molecule has 0 aromatic rings. The molecule has 15 heavy (non-hydrogen) atoms. The summed E-state index contributed by atoms with van der Waals surface area (Å²) < 4.78 is 1.45. The molecule has 0 aromatic carbocycles. The van der Waals surface area contributed by atoms with Gasteiger partial charge in [-0.25, -0.2) is 4.79 Å². The smallest absolute Gasteiger partial charge is 0.401 e. The summed E-state index contributed by atoms with van der Waals surface area (Å²) in [6.45, 7) is 0. The summed E-state index contributed by atoms with van der Waals surface area (Å²) in [5.74, 6) is -0.783. The quantitative estimate of drug-likeness (QED) is 0.553. The highest BCUT2D eigenvalue weighted by molar-refractivity contribution is 6.16. The molecule has 5 heteroatoms. The van der Waals surface area contributed by atoms with Crippen LogP contribution >= 0.6 is 0 Å². The van der Waals surface area contributed by atoms with Gasteiger partial charge in [-0.3, -0.25) is 0 Å². The Morgan fingerprint density at radius 3 is 2.80 bits per heavy atom. The molecule has 0 spiro atoms. The second kappa shape index (κ2) is 3.05. The molecule has 1 aliphatic carbocycles. The monoisotopic (exact) mass is 206 g/mol. The van der Waals surface area contributed by atoms with Gasteiger partial charge in [-0.1, -0.05) is 6.08 Å². The Morgan fingerprint density at radius 2 is 2.13 bits per heavy atom. The van der Waals surface area contributed by atoms with E-state index in [0.717, 1.165) is 4.90 Å². The molecule has 0 aromatic heterocycles. The predicted molar refractivity (Wildman–Crippen MR) is 54.3 cm³/mol. The van der Waals surface area contributed by atoms with E-state index in [9.17, 15) is 9.59 Å². The van der Waals surface area contributed by atoms with Crippen molar-refractivity contribution in [1.29, 1.82) is 0 Å². The first-order valence-corrected chi connectivity index (χ1v) is 4.60. The Hall–Kier alpha value is -1.91. The van der Waals surface area contributed by atoms with Crippen LogP contribution in [0.15, 0.2) is 23.9 Å². The van der Waals surface area contributed by atoms with Crippen molar-refractivity contribution in [3.05, 3.63) is 23.9 Å². The van der Waals surface area contributed by atoms with Crippen LogP contribution in [0.1, 0.15) is 0 Å². The second-order valence-electron chi connectivity index (χ2n) is 3.62. The van der Waals surface area contributed by atoms with Crippen molar-refractivity contribution in [2.75, 3.05) is 14.1 Å². The lowest BCUT2D eigenvalue weighted by Crippen LogP contribution is -2.53. The van der Waals surface area contributed by atoms with Crippen molar-refractivity contribution in [3.8, 4) is 0 Å². The third-order valence-corrected chi connectivity index (χ3v) is 2.72. The lowest BCUT2D eigenvalue weighted by molar-refractivity contribution is -0.405. The van der Waals surface area contributed by atoms with Crippen LogP contribution in [0, 0.1) is 5.92 Å². The minimum atomic E-state index is -0.511. The average molecular weight is 206 g/mol. The molecule has 2 rings (SSSR count). The SMILES string of the molecule is CN1C(=O)C2C(N)=CC=CC2=[N+](C)C1=O. The normalized spacial score (nSPS) is 25.6. The minimum Gasteiger partial charge on any atom is -0.401 e. The topological polar surface area (TPSA) is 66.4 Å². The van der Waals surface area contributed by atoms with Gasteiger partial charge >= 0.3 is 11.9 Å². The molecular weight excluding hydrogens is 194 g/mol. The zero-order valence-corrected chi connectivity index (χ0v) is 8.60. The molecule has 78 valence electrons. The molecule has 0 bridgehead atoms. The number of hydrogen-bond donors (Lipinski definition) is 1. The number of nitrogens with two attached hydrogens (primary N) is 1. The van der Waals surface area contributed by atoms with E-state index in [0.29, 0.717) is 11.4 Å². The van der Waals surface area contributed by atoms with Gasteiger partial charge in [0.2, 0.25) is 0 Å². The van der Waals surface area contributed by atoms with Crippen molar-refractivity contribution in [3.63, 3.8) is 0 Å². The van der Waals surface area contributed by atoms with E-state index in [1.807, 2.05) is 0 Å². The molecule has 3 amide bonds. The minimum absolute atomic E-state index is 0.272. The van der Waals surface area contributed by atoms with E-state index in [1.165, 1.54) is 11.6 Å². The molecule has 0 saturated carbocycles. The first-order chi connectivity index (χ1) is 7.04. The summed E-state index contributed by atoms with van der Waals surface area (Å²) >= 11 is 0. The molecule has 1 unspecified atom stereocenters. The van der Waals surface area contributed by atoms with Gasteiger partial charge in [-0.15, -0.1) is 0 Å². The Balaban J connectivity index is 2.61. The van der Waals surface area contributed by atoms with Gasteiger partial charge in [0.25, 0.3) is 0 Å². The van der Waals surface area contributed by atoms with Crippen LogP contribution in [0.4, 0.5) is 4.79 Å². The average Bonchev–Trinajstić information content (AvgIpc) is 2.23. The van der Waals surface area contributed by atoms with Crippen molar-refractivity contribution in [2.45, 2.75) is 0 Å². The Kier molecular flexibility index (Phi) is 1.96. The van der Waals surface area contributed by atoms with Crippen LogP contribution in [0.2, 0.25) is 0 Å². The van der Waals surface area contributed by atoms with Gasteiger partial charge in [-0.05, 0) is 12.2 Å². The summed E-state index contributed by atoms with van der Waals surface area (Å²) in [6.07, 6.45) is 5.16. The molecule has 1 atom stereocenters. The van der Waals surface area contributed by atoms with E-state index in [4.69, 9.17) is 5.73 Å². The van der Waals surface area contributed by atoms with E-state index in [2.05, 4.69) is 0 Å². The van der Waals surface area contributed by atoms with E-state index < -0.39 is 5.92 Å². The summed E-state index contributed by atoms with van der Waals surface area (Å²) in [6, 6.07) is -0.328. The fraction of sp³-hybridized carbons (Fsp3) is 0.300. The zero-order valence-electron chi connectivity index (χ0n) is 8.60. The fourth-order valence-electron chi connectivity index (χ4n) is 1.82. The van der Waals surface area contributed by atoms with Crippen LogP contribution in [-0.4, -0.2) is 41.2 Å². The maximum absolute atomic E-state index is 11.8. The van der Waals surface area contributed by atoms with Crippen LogP contribution < -0.4 is 5.73 Å². The number of carbonyl (C=O) groups excluding carboxylic acids is 2. The third-order valence-electron chi connectivity index (χ3n) is 2.72. The van der Waals surface area contributed by atoms with Gasteiger partial charge in [0.15, 0.2) is 5.92 Å². The Bertz CT molecular complexity index is 446. The van der Waals surface area contributed by atoms with Crippen LogP contribution in [0.25, 0.3) is 0 Å². The highest BCUT2D eigenvalue weighted by Crippen LogP contribution is 2.20. The first-order valence-electron chi connectivity index (χ1n) is 4.60. The number of hydrogen-bond acceptors (Lipinski definition) is 3. The molecule has 2 N–H and O–H groups in total. The number of rotatable bonds is 0. The highest BCUT2D eigenvalue weighted by Gasteiger charge is 2.45.